The van der Waals surface area contributed by atoms with E-state index in [-0.39, 0.29) is 5.75 Å². The lowest BCUT2D eigenvalue weighted by molar-refractivity contribution is 0.262. The van der Waals surface area contributed by atoms with E-state index in [0.29, 0.717) is 28.9 Å². The fraction of sp³-hybridized carbons (Fsp3) is 0.250. The van der Waals surface area contributed by atoms with Gasteiger partial charge < -0.3 is 25.2 Å². The summed E-state index contributed by atoms with van der Waals surface area (Å²) in [6.45, 7) is 1.91. The van der Waals surface area contributed by atoms with Gasteiger partial charge in [0.05, 0.1) is 11.9 Å². The van der Waals surface area contributed by atoms with E-state index in [4.69, 9.17) is 4.74 Å². The second-order valence-corrected chi connectivity index (χ2v) is 9.51. The number of benzene rings is 2. The summed E-state index contributed by atoms with van der Waals surface area (Å²) in [4.78, 5) is 21.5. The number of rotatable bonds is 7. The van der Waals surface area contributed by atoms with E-state index in [1.54, 1.807) is 35.3 Å². The van der Waals surface area contributed by atoms with Gasteiger partial charge in [0.2, 0.25) is 0 Å². The highest BCUT2D eigenvalue weighted by molar-refractivity contribution is 6.00. The van der Waals surface area contributed by atoms with Crippen molar-refractivity contribution in [1.29, 1.82) is 0 Å². The molecule has 2 aromatic heterocycles. The molecular formula is C28H30FN7O2. The van der Waals surface area contributed by atoms with Crippen molar-refractivity contribution >= 4 is 23.1 Å². The van der Waals surface area contributed by atoms with Crippen LogP contribution in [0.4, 0.5) is 26.2 Å². The van der Waals surface area contributed by atoms with Gasteiger partial charge in [0.15, 0.2) is 11.6 Å². The van der Waals surface area contributed by atoms with Gasteiger partial charge in [-0.25, -0.2) is 9.18 Å². The first kappa shape index (κ1) is 25.2. The standard InChI is InChI=1S/C28H30FN7O2/c1-34(2)23-10-12-36(18-23)22-6-4-5-20(13-22)32-28(37)33-21-7-8-27(25(29)14-21)38-24-9-11-30-26(15-24)19-16-31-35(3)17-19/h4-9,11,13-17,23H,10,12,18H2,1-3H3,(H2,32,33,37). The number of amides is 2. The second kappa shape index (κ2) is 10.9. The Hall–Kier alpha value is -4.44. The first-order chi connectivity index (χ1) is 18.3. The van der Waals surface area contributed by atoms with Crippen molar-refractivity contribution in [2.24, 2.45) is 7.05 Å². The molecule has 1 aliphatic heterocycles. The van der Waals surface area contributed by atoms with Gasteiger partial charge in [-0.2, -0.15) is 5.10 Å². The third kappa shape index (κ3) is 5.92. The van der Waals surface area contributed by atoms with Crippen molar-refractivity contribution in [2.75, 3.05) is 42.7 Å². The summed E-state index contributed by atoms with van der Waals surface area (Å²) in [5.41, 5.74) is 3.52. The Kier molecular flexibility index (Phi) is 7.23. The Morgan fingerprint density at radius 2 is 1.92 bits per heavy atom. The average Bonchev–Trinajstić information content (AvgIpc) is 3.56. The Morgan fingerprint density at radius 1 is 1.11 bits per heavy atom. The molecule has 2 aromatic carbocycles. The van der Waals surface area contributed by atoms with Crippen LogP contribution in [0.25, 0.3) is 11.3 Å². The summed E-state index contributed by atoms with van der Waals surface area (Å²) in [5.74, 6) is -0.131. The van der Waals surface area contributed by atoms with Crippen LogP contribution in [0.15, 0.2) is 73.2 Å². The molecule has 1 fully saturated rings. The molecule has 5 rings (SSSR count). The second-order valence-electron chi connectivity index (χ2n) is 9.51. The molecule has 196 valence electrons. The number of ether oxygens (including phenoxy) is 1. The van der Waals surface area contributed by atoms with Gasteiger partial charge in [-0.05, 0) is 56.9 Å². The van der Waals surface area contributed by atoms with Crippen LogP contribution in [0.3, 0.4) is 0 Å². The summed E-state index contributed by atoms with van der Waals surface area (Å²) in [6, 6.07) is 15.4. The van der Waals surface area contributed by atoms with Crippen molar-refractivity contribution < 1.29 is 13.9 Å². The summed E-state index contributed by atoms with van der Waals surface area (Å²) in [6.07, 6.45) is 6.22. The maximum Gasteiger partial charge on any atom is 0.323 e. The predicted octanol–water partition coefficient (Wildman–Crippen LogP) is 5.20. The smallest absolute Gasteiger partial charge is 0.323 e. The van der Waals surface area contributed by atoms with E-state index < -0.39 is 11.8 Å². The molecule has 3 heterocycles. The minimum atomic E-state index is -0.603. The number of hydrogen-bond acceptors (Lipinski definition) is 6. The first-order valence-electron chi connectivity index (χ1n) is 12.4. The third-order valence-electron chi connectivity index (χ3n) is 6.51. The van der Waals surface area contributed by atoms with E-state index in [0.717, 1.165) is 30.8 Å². The number of pyridine rings is 1. The number of aryl methyl sites for hydroxylation is 1. The summed E-state index contributed by atoms with van der Waals surface area (Å²) in [5, 5.41) is 9.66. The molecule has 1 aliphatic rings. The van der Waals surface area contributed by atoms with Crippen molar-refractivity contribution in [3.8, 4) is 22.8 Å². The number of urea groups is 1. The number of carbonyl (C=O) groups excluding carboxylic acids is 1. The third-order valence-corrected chi connectivity index (χ3v) is 6.51. The molecule has 38 heavy (non-hydrogen) atoms. The summed E-state index contributed by atoms with van der Waals surface area (Å²) < 4.78 is 22.2. The maximum atomic E-state index is 14.8. The van der Waals surface area contributed by atoms with Gasteiger partial charge in [-0.1, -0.05) is 6.07 Å². The van der Waals surface area contributed by atoms with Gasteiger partial charge >= 0.3 is 6.03 Å². The number of likely N-dealkylation sites (N-methyl/N-ethyl adjacent to an activating group) is 1. The molecule has 0 spiro atoms. The fourth-order valence-electron chi connectivity index (χ4n) is 4.45. The number of nitrogens with one attached hydrogen (secondary N) is 2. The predicted molar refractivity (Wildman–Crippen MR) is 146 cm³/mol. The molecule has 0 saturated carbocycles. The van der Waals surface area contributed by atoms with Crippen LogP contribution in [-0.4, -0.2) is 58.9 Å². The van der Waals surface area contributed by atoms with E-state index in [9.17, 15) is 9.18 Å². The highest BCUT2D eigenvalue weighted by Gasteiger charge is 2.24. The minimum absolute atomic E-state index is 0.0358. The molecule has 2 amide bonds. The lowest BCUT2D eigenvalue weighted by atomic mass is 10.2. The number of aromatic nitrogens is 3. The van der Waals surface area contributed by atoms with E-state index >= 15 is 0 Å². The molecule has 1 saturated heterocycles. The van der Waals surface area contributed by atoms with Gasteiger partial charge in [-0.15, -0.1) is 0 Å². The summed E-state index contributed by atoms with van der Waals surface area (Å²) in [7, 11) is 6.01. The molecular weight excluding hydrogens is 485 g/mol. The number of nitrogens with zero attached hydrogens (tertiary/aromatic N) is 5. The number of halogens is 1. The maximum absolute atomic E-state index is 14.8. The Morgan fingerprint density at radius 3 is 2.63 bits per heavy atom. The lowest BCUT2D eigenvalue weighted by Crippen LogP contribution is -2.31. The number of hydrogen-bond donors (Lipinski definition) is 2. The van der Waals surface area contributed by atoms with Gasteiger partial charge in [0, 0.05) is 73.3 Å². The first-order valence-corrected chi connectivity index (χ1v) is 12.4. The molecule has 0 aliphatic carbocycles. The largest absolute Gasteiger partial charge is 0.454 e. The van der Waals surface area contributed by atoms with E-state index in [2.05, 4.69) is 44.6 Å². The van der Waals surface area contributed by atoms with Crippen LogP contribution < -0.4 is 20.3 Å². The van der Waals surface area contributed by atoms with Crippen LogP contribution >= 0.6 is 0 Å². The molecule has 9 nitrogen and oxygen atoms in total. The molecule has 0 radical (unpaired) electrons. The molecule has 1 atom stereocenters. The zero-order valence-electron chi connectivity index (χ0n) is 21.6. The van der Waals surface area contributed by atoms with Gasteiger partial charge in [0.1, 0.15) is 5.75 Å². The highest BCUT2D eigenvalue weighted by atomic mass is 19.1. The monoisotopic (exact) mass is 515 g/mol. The minimum Gasteiger partial charge on any atom is -0.454 e. The molecule has 2 N–H and O–H groups in total. The zero-order valence-corrected chi connectivity index (χ0v) is 21.6. The number of carbonyl (C=O) groups is 1. The van der Waals surface area contributed by atoms with Crippen molar-refractivity contribution in [3.63, 3.8) is 0 Å². The lowest BCUT2D eigenvalue weighted by Gasteiger charge is -2.22. The topological polar surface area (TPSA) is 87.6 Å². The molecule has 0 bridgehead atoms. The van der Waals surface area contributed by atoms with Crippen molar-refractivity contribution in [2.45, 2.75) is 12.5 Å². The molecule has 1 unspecified atom stereocenters. The SMILES string of the molecule is CN(C)C1CCN(c2cccc(NC(=O)Nc3ccc(Oc4ccnc(-c5cnn(C)c5)c4)c(F)c3)c2)C1. The average molecular weight is 516 g/mol. The van der Waals surface area contributed by atoms with E-state index in [1.165, 1.54) is 12.1 Å². The molecule has 10 heteroatoms. The Bertz CT molecular complexity index is 1440. The zero-order chi connectivity index (χ0) is 26.6. The van der Waals surface area contributed by atoms with Gasteiger partial charge in [-0.3, -0.25) is 9.67 Å². The van der Waals surface area contributed by atoms with Gasteiger partial charge in [0.25, 0.3) is 0 Å². The normalized spacial score (nSPS) is 15.1. The quantitative estimate of drug-likeness (QED) is 0.352. The Balaban J connectivity index is 1.20. The van der Waals surface area contributed by atoms with Crippen molar-refractivity contribution in [3.05, 3.63) is 79.0 Å². The van der Waals surface area contributed by atoms with Crippen LogP contribution in [0, 0.1) is 5.82 Å². The number of anilines is 3. The van der Waals surface area contributed by atoms with E-state index in [1.807, 2.05) is 37.5 Å². The van der Waals surface area contributed by atoms with Crippen LogP contribution in [0.1, 0.15) is 6.42 Å². The summed E-state index contributed by atoms with van der Waals surface area (Å²) >= 11 is 0. The molecule has 4 aromatic rings. The highest BCUT2D eigenvalue weighted by Crippen LogP contribution is 2.29. The van der Waals surface area contributed by atoms with Crippen LogP contribution in [0.5, 0.6) is 11.5 Å². The van der Waals surface area contributed by atoms with Crippen LogP contribution in [-0.2, 0) is 7.05 Å². The Labute approximate surface area is 220 Å². The van der Waals surface area contributed by atoms with Crippen molar-refractivity contribution in [1.82, 2.24) is 19.7 Å². The fourth-order valence-corrected chi connectivity index (χ4v) is 4.45. The van der Waals surface area contributed by atoms with Crippen LogP contribution in [0.2, 0.25) is 0 Å².